The Labute approximate surface area is 110 Å². The molecule has 7 nitrogen and oxygen atoms in total. The van der Waals surface area contributed by atoms with Crippen molar-refractivity contribution in [1.29, 1.82) is 0 Å². The van der Waals surface area contributed by atoms with Crippen molar-refractivity contribution in [3.63, 3.8) is 0 Å². The minimum absolute atomic E-state index is 0.00276. The minimum Gasteiger partial charge on any atom is -0.491 e. The van der Waals surface area contributed by atoms with Crippen LogP contribution in [0.5, 0.6) is 5.75 Å². The molecule has 1 atom stereocenters. The second-order valence-corrected chi connectivity index (χ2v) is 3.88. The predicted molar refractivity (Wildman–Crippen MR) is 68.2 cm³/mol. The van der Waals surface area contributed by atoms with E-state index in [2.05, 4.69) is 10.1 Å². The molecule has 19 heavy (non-hydrogen) atoms. The lowest BCUT2D eigenvalue weighted by Crippen LogP contribution is -2.40. The van der Waals surface area contributed by atoms with Crippen LogP contribution < -0.4 is 10.1 Å². The summed E-state index contributed by atoms with van der Waals surface area (Å²) in [4.78, 5) is 21.5. The Morgan fingerprint density at radius 3 is 2.68 bits per heavy atom. The Morgan fingerprint density at radius 2 is 2.21 bits per heavy atom. The van der Waals surface area contributed by atoms with Gasteiger partial charge in [-0.05, 0) is 25.6 Å². The first-order valence-electron chi connectivity index (χ1n) is 5.62. The summed E-state index contributed by atoms with van der Waals surface area (Å²) in [5.74, 6) is 0.0665. The molecule has 0 saturated heterocycles. The van der Waals surface area contributed by atoms with Crippen LogP contribution in [0.15, 0.2) is 18.2 Å². The highest BCUT2D eigenvalue weighted by Gasteiger charge is 2.18. The number of carbonyl (C=O) groups is 1. The van der Waals surface area contributed by atoms with Gasteiger partial charge >= 0.3 is 5.97 Å². The van der Waals surface area contributed by atoms with E-state index in [9.17, 15) is 14.9 Å². The van der Waals surface area contributed by atoms with Gasteiger partial charge in [-0.1, -0.05) is 0 Å². The quantitative estimate of drug-likeness (QED) is 0.471. The monoisotopic (exact) mass is 268 g/mol. The van der Waals surface area contributed by atoms with Crippen molar-refractivity contribution >= 4 is 11.7 Å². The number of nitrogens with one attached hydrogen (secondary N) is 1. The van der Waals surface area contributed by atoms with Crippen LogP contribution in [0.25, 0.3) is 0 Å². The fourth-order valence-electron chi connectivity index (χ4n) is 1.49. The van der Waals surface area contributed by atoms with Crippen LogP contribution in [-0.2, 0) is 9.53 Å². The summed E-state index contributed by atoms with van der Waals surface area (Å²) in [6.07, 6.45) is 0. The Morgan fingerprint density at radius 1 is 1.53 bits per heavy atom. The van der Waals surface area contributed by atoms with Crippen molar-refractivity contribution in [3.05, 3.63) is 33.9 Å². The Balaban J connectivity index is 2.72. The van der Waals surface area contributed by atoms with E-state index in [1.807, 2.05) is 0 Å². The van der Waals surface area contributed by atoms with E-state index >= 15 is 0 Å². The second kappa shape index (κ2) is 6.69. The summed E-state index contributed by atoms with van der Waals surface area (Å²) in [5.41, 5.74) is 0.636. The molecule has 0 amide bonds. The fourth-order valence-corrected chi connectivity index (χ4v) is 1.49. The van der Waals surface area contributed by atoms with Gasteiger partial charge in [0.2, 0.25) is 0 Å². The van der Waals surface area contributed by atoms with E-state index in [-0.39, 0.29) is 12.3 Å². The van der Waals surface area contributed by atoms with Gasteiger partial charge in [0.25, 0.3) is 5.69 Å². The number of nitrogens with zero attached hydrogens (tertiary/aromatic N) is 1. The molecule has 1 unspecified atom stereocenters. The van der Waals surface area contributed by atoms with E-state index in [1.54, 1.807) is 14.0 Å². The van der Waals surface area contributed by atoms with Crippen LogP contribution in [0.4, 0.5) is 5.69 Å². The first kappa shape index (κ1) is 14.9. The average Bonchev–Trinajstić information content (AvgIpc) is 2.40. The third-order valence-corrected chi connectivity index (χ3v) is 2.61. The third kappa shape index (κ3) is 3.92. The first-order valence-corrected chi connectivity index (χ1v) is 5.62. The molecule has 1 aromatic carbocycles. The minimum atomic E-state index is -0.584. The van der Waals surface area contributed by atoms with E-state index < -0.39 is 16.9 Å². The zero-order valence-corrected chi connectivity index (χ0v) is 11.0. The number of aryl methyl sites for hydroxylation is 1. The number of esters is 1. The molecule has 0 aliphatic rings. The maximum absolute atomic E-state index is 11.3. The summed E-state index contributed by atoms with van der Waals surface area (Å²) >= 11 is 0. The Bertz CT molecular complexity index is 475. The molecule has 0 heterocycles. The van der Waals surface area contributed by atoms with Crippen molar-refractivity contribution in [2.45, 2.75) is 13.0 Å². The average molecular weight is 268 g/mol. The van der Waals surface area contributed by atoms with E-state index in [4.69, 9.17) is 4.74 Å². The van der Waals surface area contributed by atoms with E-state index in [1.165, 1.54) is 25.3 Å². The molecular formula is C12H16N2O5. The molecule has 0 bridgehead atoms. The van der Waals surface area contributed by atoms with Gasteiger partial charge < -0.3 is 14.8 Å². The number of likely N-dealkylation sites (N-methyl/N-ethyl adjacent to an activating group) is 1. The number of nitro groups is 1. The Kier molecular flexibility index (Phi) is 5.25. The second-order valence-electron chi connectivity index (χ2n) is 3.88. The number of hydrogen-bond donors (Lipinski definition) is 1. The highest BCUT2D eigenvalue weighted by atomic mass is 16.6. The standard InChI is InChI=1S/C12H16N2O5/c1-8-6-9(14(16)17)4-5-11(8)19-7-10(13-2)12(15)18-3/h4-6,10,13H,7H2,1-3H3. The summed E-state index contributed by atoms with van der Waals surface area (Å²) in [7, 11) is 2.91. The molecule has 0 spiro atoms. The Hall–Kier alpha value is -2.15. The third-order valence-electron chi connectivity index (χ3n) is 2.61. The zero-order valence-electron chi connectivity index (χ0n) is 11.0. The topological polar surface area (TPSA) is 90.7 Å². The van der Waals surface area contributed by atoms with Crippen molar-refractivity contribution in [3.8, 4) is 5.75 Å². The fraction of sp³-hybridized carbons (Fsp3) is 0.417. The van der Waals surface area contributed by atoms with Crippen LogP contribution in [0.1, 0.15) is 5.56 Å². The molecule has 104 valence electrons. The molecule has 0 saturated carbocycles. The first-order chi connectivity index (χ1) is 8.99. The van der Waals surface area contributed by atoms with Gasteiger partial charge in [-0.25, -0.2) is 0 Å². The van der Waals surface area contributed by atoms with Crippen LogP contribution in [0.3, 0.4) is 0 Å². The number of rotatable bonds is 6. The zero-order chi connectivity index (χ0) is 14.4. The number of ether oxygens (including phenoxy) is 2. The van der Waals surface area contributed by atoms with E-state index in [0.717, 1.165) is 0 Å². The molecule has 1 aromatic rings. The summed E-state index contributed by atoms with van der Waals surface area (Å²) in [5, 5.41) is 13.4. The van der Waals surface area contributed by atoms with Gasteiger partial charge in [0.05, 0.1) is 12.0 Å². The number of benzene rings is 1. The molecular weight excluding hydrogens is 252 g/mol. The largest absolute Gasteiger partial charge is 0.491 e. The maximum atomic E-state index is 11.3. The molecule has 1 N–H and O–H groups in total. The molecule has 1 rings (SSSR count). The van der Waals surface area contributed by atoms with Crippen LogP contribution in [-0.4, -0.2) is 37.7 Å². The van der Waals surface area contributed by atoms with Crippen LogP contribution in [0, 0.1) is 17.0 Å². The van der Waals surface area contributed by atoms with E-state index in [0.29, 0.717) is 11.3 Å². The molecule has 0 aromatic heterocycles. The smallest absolute Gasteiger partial charge is 0.326 e. The predicted octanol–water partition coefficient (Wildman–Crippen LogP) is 1.04. The molecule has 0 fully saturated rings. The number of hydrogen-bond acceptors (Lipinski definition) is 6. The van der Waals surface area contributed by atoms with Gasteiger partial charge in [0.1, 0.15) is 18.4 Å². The summed E-state index contributed by atoms with van der Waals surface area (Å²) in [6, 6.07) is 3.70. The van der Waals surface area contributed by atoms with Crippen molar-refractivity contribution < 1.29 is 19.2 Å². The summed E-state index contributed by atoms with van der Waals surface area (Å²) < 4.78 is 10.1. The lowest BCUT2D eigenvalue weighted by Gasteiger charge is -2.15. The van der Waals surface area contributed by atoms with Gasteiger partial charge in [0.15, 0.2) is 0 Å². The molecule has 0 radical (unpaired) electrons. The normalized spacial score (nSPS) is 11.7. The van der Waals surface area contributed by atoms with Crippen molar-refractivity contribution in [2.75, 3.05) is 20.8 Å². The lowest BCUT2D eigenvalue weighted by molar-refractivity contribution is -0.384. The van der Waals surface area contributed by atoms with Gasteiger partial charge in [-0.3, -0.25) is 14.9 Å². The SMILES string of the molecule is CNC(COc1ccc([N+](=O)[O-])cc1C)C(=O)OC. The number of nitro benzene ring substituents is 1. The lowest BCUT2D eigenvalue weighted by atomic mass is 10.2. The van der Waals surface area contributed by atoms with Gasteiger partial charge in [-0.2, -0.15) is 0 Å². The highest BCUT2D eigenvalue weighted by molar-refractivity contribution is 5.75. The van der Waals surface area contributed by atoms with Crippen molar-refractivity contribution in [2.24, 2.45) is 0 Å². The molecule has 0 aliphatic carbocycles. The van der Waals surface area contributed by atoms with Gasteiger partial charge in [0, 0.05) is 12.1 Å². The van der Waals surface area contributed by atoms with Gasteiger partial charge in [-0.15, -0.1) is 0 Å². The number of carbonyl (C=O) groups excluding carboxylic acids is 1. The maximum Gasteiger partial charge on any atom is 0.326 e. The number of methoxy groups -OCH3 is 1. The summed E-state index contributed by atoms with van der Waals surface area (Å²) in [6.45, 7) is 1.79. The van der Waals surface area contributed by atoms with Crippen LogP contribution in [0.2, 0.25) is 0 Å². The number of non-ortho nitro benzene ring substituents is 1. The molecule has 7 heteroatoms. The van der Waals surface area contributed by atoms with Crippen molar-refractivity contribution in [1.82, 2.24) is 5.32 Å². The van der Waals surface area contributed by atoms with Crippen LogP contribution >= 0.6 is 0 Å². The highest BCUT2D eigenvalue weighted by Crippen LogP contribution is 2.23. The molecule has 0 aliphatic heterocycles.